The van der Waals surface area contributed by atoms with Gasteiger partial charge in [0.15, 0.2) is 0 Å². The lowest BCUT2D eigenvalue weighted by molar-refractivity contribution is 0.0943. The molecule has 1 atom stereocenters. The molecule has 0 spiro atoms. The Bertz CT molecular complexity index is 859. The number of rotatable bonds is 4. The van der Waals surface area contributed by atoms with Crippen LogP contribution in [0.15, 0.2) is 60.2 Å². The number of aryl methyl sites for hydroxylation is 2. The smallest absolute Gasteiger partial charge is 0.252 e. The molecule has 4 rings (SSSR count). The first-order chi connectivity index (χ1) is 12.3. The van der Waals surface area contributed by atoms with E-state index in [1.807, 2.05) is 6.07 Å². The zero-order valence-electron chi connectivity index (χ0n) is 13.9. The van der Waals surface area contributed by atoms with Gasteiger partial charge in [-0.05, 0) is 66.0 Å². The molecule has 2 heterocycles. The van der Waals surface area contributed by atoms with Crippen LogP contribution in [0.4, 0.5) is 0 Å². The van der Waals surface area contributed by atoms with Gasteiger partial charge in [-0.25, -0.2) is 0 Å². The number of pyridine rings is 1. The van der Waals surface area contributed by atoms with Gasteiger partial charge in [-0.3, -0.25) is 9.78 Å². The molecule has 0 bridgehead atoms. The van der Waals surface area contributed by atoms with Gasteiger partial charge in [0.2, 0.25) is 0 Å². The quantitative estimate of drug-likeness (QED) is 0.752. The van der Waals surface area contributed by atoms with Crippen LogP contribution in [0.1, 0.15) is 50.8 Å². The highest BCUT2D eigenvalue weighted by Gasteiger charge is 2.20. The van der Waals surface area contributed by atoms with Gasteiger partial charge in [0.05, 0.1) is 6.04 Å². The molecule has 1 N–H and O–H groups in total. The fourth-order valence-electron chi connectivity index (χ4n) is 3.42. The van der Waals surface area contributed by atoms with Crippen molar-refractivity contribution in [1.29, 1.82) is 0 Å². The number of carbonyl (C=O) groups excluding carboxylic acids is 1. The van der Waals surface area contributed by atoms with E-state index in [2.05, 4.69) is 39.9 Å². The molecule has 3 nitrogen and oxygen atoms in total. The molecule has 4 heteroatoms. The zero-order valence-corrected chi connectivity index (χ0v) is 14.8. The largest absolute Gasteiger partial charge is 0.340 e. The van der Waals surface area contributed by atoms with Crippen LogP contribution in [0.5, 0.6) is 0 Å². The van der Waals surface area contributed by atoms with Crippen molar-refractivity contribution in [1.82, 2.24) is 10.3 Å². The minimum Gasteiger partial charge on any atom is -0.340 e. The molecule has 1 aromatic carbocycles. The maximum atomic E-state index is 12.7. The normalized spacial score (nSPS) is 14.6. The number of thiophene rings is 1. The van der Waals surface area contributed by atoms with E-state index < -0.39 is 0 Å². The summed E-state index contributed by atoms with van der Waals surface area (Å²) in [5.74, 6) is -0.0708. The van der Waals surface area contributed by atoms with Crippen LogP contribution >= 0.6 is 11.3 Å². The molecule has 0 unspecified atom stereocenters. The summed E-state index contributed by atoms with van der Waals surface area (Å²) in [5, 5.41) is 5.26. The maximum absolute atomic E-state index is 12.7. The van der Waals surface area contributed by atoms with Crippen molar-refractivity contribution in [2.75, 3.05) is 0 Å². The van der Waals surface area contributed by atoms with Gasteiger partial charge >= 0.3 is 0 Å². The van der Waals surface area contributed by atoms with Gasteiger partial charge in [-0.1, -0.05) is 24.3 Å². The second kappa shape index (κ2) is 7.19. The van der Waals surface area contributed by atoms with E-state index in [9.17, 15) is 4.79 Å². The first-order valence-corrected chi connectivity index (χ1v) is 9.55. The van der Waals surface area contributed by atoms with E-state index in [1.54, 1.807) is 35.9 Å². The predicted octanol–water partition coefficient (Wildman–Crippen LogP) is 4.54. The third-order valence-electron chi connectivity index (χ3n) is 4.75. The van der Waals surface area contributed by atoms with E-state index in [4.69, 9.17) is 0 Å². The van der Waals surface area contributed by atoms with Gasteiger partial charge in [-0.15, -0.1) is 11.3 Å². The van der Waals surface area contributed by atoms with E-state index >= 15 is 0 Å². The van der Waals surface area contributed by atoms with Crippen molar-refractivity contribution in [3.8, 4) is 0 Å². The molecule has 126 valence electrons. The van der Waals surface area contributed by atoms with Crippen molar-refractivity contribution in [3.05, 3.63) is 87.4 Å². The first kappa shape index (κ1) is 16.0. The summed E-state index contributed by atoms with van der Waals surface area (Å²) in [4.78, 5) is 17.8. The summed E-state index contributed by atoms with van der Waals surface area (Å²) in [6, 6.07) is 14.2. The molecule has 0 fully saturated rings. The van der Waals surface area contributed by atoms with Crippen LogP contribution in [0, 0.1) is 0 Å². The highest BCUT2D eigenvalue weighted by Crippen LogP contribution is 2.30. The Kier molecular flexibility index (Phi) is 4.61. The van der Waals surface area contributed by atoms with Gasteiger partial charge in [-0.2, -0.15) is 0 Å². The van der Waals surface area contributed by atoms with Gasteiger partial charge in [0.1, 0.15) is 0 Å². The number of nitrogens with one attached hydrogen (secondary N) is 1. The summed E-state index contributed by atoms with van der Waals surface area (Å²) in [6.45, 7) is 0. The summed E-state index contributed by atoms with van der Waals surface area (Å²) < 4.78 is 0. The maximum Gasteiger partial charge on any atom is 0.252 e. The average molecular weight is 348 g/mol. The molecule has 0 saturated carbocycles. The number of amides is 1. The predicted molar refractivity (Wildman–Crippen MR) is 101 cm³/mol. The van der Waals surface area contributed by atoms with Crippen LogP contribution in [-0.2, 0) is 12.8 Å². The fraction of sp³-hybridized carbons (Fsp3) is 0.238. The van der Waals surface area contributed by atoms with E-state index in [0.717, 1.165) is 16.9 Å². The lowest BCUT2D eigenvalue weighted by Crippen LogP contribution is -2.29. The van der Waals surface area contributed by atoms with Crippen molar-refractivity contribution in [3.63, 3.8) is 0 Å². The molecule has 0 aliphatic heterocycles. The molecule has 1 amide bonds. The second-order valence-corrected chi connectivity index (χ2v) is 7.37. The standard InChI is InChI=1S/C21H20N2OS/c24-21(16-9-11-22-12-10-16)23-20(19-6-3-13-25-19)18-8-7-15-4-1-2-5-17(15)14-18/h3,6-14,20H,1-2,4-5H2,(H,23,24)/t20-/m0/s1. The van der Waals surface area contributed by atoms with Gasteiger partial charge < -0.3 is 5.32 Å². The Hall–Kier alpha value is -2.46. The number of hydrogen-bond donors (Lipinski definition) is 1. The minimum atomic E-state index is -0.118. The molecule has 0 radical (unpaired) electrons. The number of hydrogen-bond acceptors (Lipinski definition) is 3. The molecule has 25 heavy (non-hydrogen) atoms. The highest BCUT2D eigenvalue weighted by atomic mass is 32.1. The Balaban J connectivity index is 1.66. The van der Waals surface area contributed by atoms with Crippen molar-refractivity contribution < 1.29 is 4.79 Å². The lowest BCUT2D eigenvalue weighted by atomic mass is 9.89. The summed E-state index contributed by atoms with van der Waals surface area (Å²) in [7, 11) is 0. The van der Waals surface area contributed by atoms with E-state index in [1.165, 1.54) is 30.4 Å². The number of nitrogens with zero attached hydrogens (tertiary/aromatic N) is 1. The fourth-order valence-corrected chi connectivity index (χ4v) is 4.23. The Labute approximate surface area is 151 Å². The van der Waals surface area contributed by atoms with Crippen LogP contribution in [0.3, 0.4) is 0 Å². The number of fused-ring (bicyclic) bond motifs is 1. The van der Waals surface area contributed by atoms with E-state index in [-0.39, 0.29) is 11.9 Å². The summed E-state index contributed by atoms with van der Waals surface area (Å²) >= 11 is 1.67. The number of aromatic nitrogens is 1. The minimum absolute atomic E-state index is 0.0708. The summed E-state index contributed by atoms with van der Waals surface area (Å²) in [5.41, 5.74) is 4.68. The van der Waals surface area contributed by atoms with Crippen LogP contribution in [0.25, 0.3) is 0 Å². The topological polar surface area (TPSA) is 42.0 Å². The lowest BCUT2D eigenvalue weighted by Gasteiger charge is -2.22. The van der Waals surface area contributed by atoms with E-state index in [0.29, 0.717) is 5.56 Å². The summed E-state index contributed by atoms with van der Waals surface area (Å²) in [6.07, 6.45) is 8.13. The molecular weight excluding hydrogens is 328 g/mol. The van der Waals surface area contributed by atoms with Crippen LogP contribution < -0.4 is 5.32 Å². The Morgan fingerprint density at radius 1 is 1.04 bits per heavy atom. The number of carbonyl (C=O) groups is 1. The Morgan fingerprint density at radius 3 is 2.60 bits per heavy atom. The SMILES string of the molecule is O=C(N[C@@H](c1ccc2c(c1)CCCC2)c1cccs1)c1ccncc1. The van der Waals surface area contributed by atoms with Crippen molar-refractivity contribution >= 4 is 17.2 Å². The molecule has 0 saturated heterocycles. The number of benzene rings is 1. The molecule has 2 aromatic heterocycles. The molecule has 1 aliphatic carbocycles. The molecular formula is C21H20N2OS. The third kappa shape index (κ3) is 3.49. The van der Waals surface area contributed by atoms with Crippen molar-refractivity contribution in [2.45, 2.75) is 31.7 Å². The molecule has 1 aliphatic rings. The molecule has 3 aromatic rings. The van der Waals surface area contributed by atoms with Crippen LogP contribution in [0.2, 0.25) is 0 Å². The average Bonchev–Trinajstić information content (AvgIpc) is 3.20. The highest BCUT2D eigenvalue weighted by molar-refractivity contribution is 7.10. The zero-order chi connectivity index (χ0) is 17.1. The van der Waals surface area contributed by atoms with Crippen molar-refractivity contribution in [2.24, 2.45) is 0 Å². The second-order valence-electron chi connectivity index (χ2n) is 6.39. The van der Waals surface area contributed by atoms with Crippen LogP contribution in [-0.4, -0.2) is 10.9 Å². The monoisotopic (exact) mass is 348 g/mol. The Morgan fingerprint density at radius 2 is 1.84 bits per heavy atom. The first-order valence-electron chi connectivity index (χ1n) is 8.67. The van der Waals surface area contributed by atoms with Gasteiger partial charge in [0, 0.05) is 22.8 Å². The third-order valence-corrected chi connectivity index (χ3v) is 5.69. The van der Waals surface area contributed by atoms with Gasteiger partial charge in [0.25, 0.3) is 5.91 Å².